The molecule has 2 aromatic rings. The van der Waals surface area contributed by atoms with Crippen LogP contribution in [0.2, 0.25) is 0 Å². The lowest BCUT2D eigenvalue weighted by molar-refractivity contribution is 0.0690. The van der Waals surface area contributed by atoms with Gasteiger partial charge in [0.15, 0.2) is 10.8 Å². The number of nitrogens with zero attached hydrogens (tertiary/aromatic N) is 2. The minimum absolute atomic E-state index is 0.122. The number of benzene rings is 1. The molecule has 0 amide bonds. The number of thiazole rings is 1. The molecule has 5 nitrogen and oxygen atoms in total. The van der Waals surface area contributed by atoms with E-state index in [0.29, 0.717) is 16.6 Å². The fourth-order valence-electron chi connectivity index (χ4n) is 1.90. The lowest BCUT2D eigenvalue weighted by Crippen LogP contribution is -2.17. The normalized spacial score (nSPS) is 10.3. The van der Waals surface area contributed by atoms with Crippen LogP contribution < -0.4 is 9.64 Å². The molecule has 0 radical (unpaired) electrons. The summed E-state index contributed by atoms with van der Waals surface area (Å²) in [5.74, 6) is -0.179. The molecule has 0 unspecified atom stereocenters. The molecule has 0 fully saturated rings. The van der Waals surface area contributed by atoms with E-state index in [9.17, 15) is 4.79 Å². The number of methoxy groups -OCH3 is 1. The van der Waals surface area contributed by atoms with E-state index in [1.807, 2.05) is 36.2 Å². The van der Waals surface area contributed by atoms with Gasteiger partial charge in [-0.25, -0.2) is 9.78 Å². The van der Waals surface area contributed by atoms with Crippen molar-refractivity contribution in [1.82, 2.24) is 4.98 Å². The number of carboxylic acid groups (broad SMARTS) is 1. The van der Waals surface area contributed by atoms with Gasteiger partial charge in [-0.15, -0.1) is 11.3 Å². The molecule has 0 bridgehead atoms. The third-order valence-corrected chi connectivity index (χ3v) is 4.00. The molecule has 0 spiro atoms. The zero-order chi connectivity index (χ0) is 14.7. The van der Waals surface area contributed by atoms with Crippen LogP contribution in [-0.2, 0) is 6.54 Å². The van der Waals surface area contributed by atoms with Crippen molar-refractivity contribution in [3.8, 4) is 5.75 Å². The third-order valence-electron chi connectivity index (χ3n) is 2.91. The van der Waals surface area contributed by atoms with E-state index >= 15 is 0 Å². The van der Waals surface area contributed by atoms with Crippen molar-refractivity contribution in [1.29, 1.82) is 0 Å². The second-order valence-corrected chi connectivity index (χ2v) is 5.56. The molecular weight excluding hydrogens is 276 g/mol. The van der Waals surface area contributed by atoms with Crippen LogP contribution in [0.1, 0.15) is 20.9 Å². The largest absolute Gasteiger partial charge is 0.496 e. The van der Waals surface area contributed by atoms with Gasteiger partial charge in [0.25, 0.3) is 0 Å². The summed E-state index contributed by atoms with van der Waals surface area (Å²) in [6.07, 6.45) is 0. The zero-order valence-electron chi connectivity index (χ0n) is 11.6. The fraction of sp³-hybridized carbons (Fsp3) is 0.286. The summed E-state index contributed by atoms with van der Waals surface area (Å²) in [5, 5.41) is 9.72. The maximum Gasteiger partial charge on any atom is 0.355 e. The average Bonchev–Trinajstić information content (AvgIpc) is 2.81. The maximum absolute atomic E-state index is 11.0. The Hall–Kier alpha value is -2.08. The molecule has 0 atom stereocenters. The second kappa shape index (κ2) is 5.92. The van der Waals surface area contributed by atoms with Gasteiger partial charge >= 0.3 is 5.97 Å². The molecular formula is C14H16N2O3S. The molecule has 106 valence electrons. The molecule has 2 rings (SSSR count). The molecule has 0 aliphatic heterocycles. The van der Waals surface area contributed by atoms with Gasteiger partial charge in [0.05, 0.1) is 7.11 Å². The van der Waals surface area contributed by atoms with Crippen LogP contribution in [0.4, 0.5) is 5.13 Å². The monoisotopic (exact) mass is 292 g/mol. The van der Waals surface area contributed by atoms with Gasteiger partial charge in [-0.05, 0) is 13.0 Å². The van der Waals surface area contributed by atoms with Gasteiger partial charge in [0.2, 0.25) is 0 Å². The van der Waals surface area contributed by atoms with E-state index in [4.69, 9.17) is 9.84 Å². The molecule has 1 aromatic carbocycles. The van der Waals surface area contributed by atoms with E-state index in [0.717, 1.165) is 11.3 Å². The minimum Gasteiger partial charge on any atom is -0.496 e. The predicted octanol–water partition coefficient (Wildman–Crippen LogP) is 2.79. The summed E-state index contributed by atoms with van der Waals surface area (Å²) in [5.41, 5.74) is 1.15. The van der Waals surface area contributed by atoms with Gasteiger partial charge in [0, 0.05) is 24.0 Å². The first kappa shape index (κ1) is 14.3. The zero-order valence-corrected chi connectivity index (χ0v) is 12.4. The molecule has 6 heteroatoms. The quantitative estimate of drug-likeness (QED) is 0.918. The number of anilines is 1. The molecule has 20 heavy (non-hydrogen) atoms. The Morgan fingerprint density at radius 2 is 2.15 bits per heavy atom. The minimum atomic E-state index is -0.990. The van der Waals surface area contributed by atoms with Gasteiger partial charge in [0.1, 0.15) is 5.75 Å². The number of rotatable bonds is 5. The van der Waals surface area contributed by atoms with Crippen LogP contribution in [0.15, 0.2) is 24.3 Å². The summed E-state index contributed by atoms with van der Waals surface area (Å²) in [7, 11) is 3.52. The second-order valence-electron chi connectivity index (χ2n) is 4.37. The lowest BCUT2D eigenvalue weighted by atomic mass is 10.2. The van der Waals surface area contributed by atoms with Crippen molar-refractivity contribution in [2.45, 2.75) is 13.5 Å². The van der Waals surface area contributed by atoms with Crippen LogP contribution in [0, 0.1) is 6.92 Å². The average molecular weight is 292 g/mol. The van der Waals surface area contributed by atoms with Crippen molar-refractivity contribution < 1.29 is 14.6 Å². The number of hydrogen-bond acceptors (Lipinski definition) is 5. The van der Waals surface area contributed by atoms with Crippen molar-refractivity contribution in [2.75, 3.05) is 19.1 Å². The highest BCUT2D eigenvalue weighted by molar-refractivity contribution is 7.15. The first-order valence-electron chi connectivity index (χ1n) is 6.06. The molecule has 0 saturated heterocycles. The Balaban J connectivity index is 2.22. The summed E-state index contributed by atoms with van der Waals surface area (Å²) in [6, 6.07) is 7.74. The van der Waals surface area contributed by atoms with Crippen molar-refractivity contribution >= 4 is 22.4 Å². The molecule has 1 aromatic heterocycles. The highest BCUT2D eigenvalue weighted by Gasteiger charge is 2.17. The van der Waals surface area contributed by atoms with Crippen LogP contribution in [0.25, 0.3) is 0 Å². The van der Waals surface area contributed by atoms with Gasteiger partial charge in [-0.1, -0.05) is 18.2 Å². The number of aromatic carboxylic acids is 1. The Morgan fingerprint density at radius 3 is 2.75 bits per heavy atom. The molecule has 0 saturated carbocycles. The Kier molecular flexibility index (Phi) is 4.24. The Labute approximate surface area is 121 Å². The van der Waals surface area contributed by atoms with E-state index in [1.54, 1.807) is 14.0 Å². The fourth-order valence-corrected chi connectivity index (χ4v) is 2.76. The Bertz CT molecular complexity index is 625. The van der Waals surface area contributed by atoms with Crippen LogP contribution in [-0.4, -0.2) is 30.2 Å². The van der Waals surface area contributed by atoms with Crippen LogP contribution >= 0.6 is 11.3 Å². The smallest absolute Gasteiger partial charge is 0.355 e. The SMILES string of the molecule is COc1ccccc1CN(C)c1nc(C(=O)O)c(C)s1. The molecule has 1 heterocycles. The van der Waals surface area contributed by atoms with E-state index in [-0.39, 0.29) is 5.69 Å². The van der Waals surface area contributed by atoms with E-state index in [1.165, 1.54) is 11.3 Å². The number of hydrogen-bond donors (Lipinski definition) is 1. The number of aromatic nitrogens is 1. The Morgan fingerprint density at radius 1 is 1.45 bits per heavy atom. The number of aryl methyl sites for hydroxylation is 1. The standard InChI is InChI=1S/C14H16N2O3S/c1-9-12(13(17)18)15-14(20-9)16(2)8-10-6-4-5-7-11(10)19-3/h4-7H,8H2,1-3H3,(H,17,18). The third kappa shape index (κ3) is 2.91. The number of carboxylic acids is 1. The van der Waals surface area contributed by atoms with E-state index < -0.39 is 5.97 Å². The summed E-state index contributed by atoms with van der Waals surface area (Å²) in [6.45, 7) is 2.37. The van der Waals surface area contributed by atoms with Crippen LogP contribution in [0.3, 0.4) is 0 Å². The van der Waals surface area contributed by atoms with E-state index in [2.05, 4.69) is 4.98 Å². The molecule has 1 N–H and O–H groups in total. The van der Waals surface area contributed by atoms with Gasteiger partial charge in [-0.2, -0.15) is 0 Å². The number of ether oxygens (including phenoxy) is 1. The molecule has 0 aliphatic rings. The lowest BCUT2D eigenvalue weighted by Gasteiger charge is -2.17. The summed E-state index contributed by atoms with van der Waals surface area (Å²) >= 11 is 1.38. The summed E-state index contributed by atoms with van der Waals surface area (Å²) in [4.78, 5) is 17.8. The van der Waals surface area contributed by atoms with Crippen molar-refractivity contribution in [3.63, 3.8) is 0 Å². The first-order chi connectivity index (χ1) is 9.52. The van der Waals surface area contributed by atoms with Gasteiger partial charge in [-0.3, -0.25) is 0 Å². The number of carbonyl (C=O) groups is 1. The highest BCUT2D eigenvalue weighted by Crippen LogP contribution is 2.27. The topological polar surface area (TPSA) is 62.7 Å². The highest BCUT2D eigenvalue weighted by atomic mass is 32.1. The predicted molar refractivity (Wildman–Crippen MR) is 78.9 cm³/mol. The van der Waals surface area contributed by atoms with Crippen molar-refractivity contribution in [2.24, 2.45) is 0 Å². The molecule has 0 aliphatic carbocycles. The summed E-state index contributed by atoms with van der Waals surface area (Å²) < 4.78 is 5.31. The first-order valence-corrected chi connectivity index (χ1v) is 6.88. The van der Waals surface area contributed by atoms with Gasteiger partial charge < -0.3 is 14.7 Å². The number of para-hydroxylation sites is 1. The maximum atomic E-state index is 11.0. The van der Waals surface area contributed by atoms with Crippen molar-refractivity contribution in [3.05, 3.63) is 40.4 Å². The van der Waals surface area contributed by atoms with Crippen LogP contribution in [0.5, 0.6) is 5.75 Å².